The van der Waals surface area contributed by atoms with Gasteiger partial charge < -0.3 is 15.5 Å². The highest BCUT2D eigenvalue weighted by Crippen LogP contribution is 2.28. The minimum absolute atomic E-state index is 0.0163. The SMILES string of the molecule is CC(O)C(NC(=O)c1ccc(Cl)c(S(=O)(=O)N2CCCCC2)c1)C(=O)O. The minimum atomic E-state index is -3.85. The van der Waals surface area contributed by atoms with Crippen LogP contribution in [0.5, 0.6) is 0 Å². The predicted molar refractivity (Wildman–Crippen MR) is 94.6 cm³/mol. The average molecular weight is 405 g/mol. The standard InChI is InChI=1S/C16H21ClN2O6S/c1-10(20)14(16(22)23)18-15(21)11-5-6-12(17)13(9-11)26(24,25)19-7-3-2-4-8-19/h5-6,9-10,14,20H,2-4,7-8H2,1H3,(H,18,21)(H,22,23). The number of aliphatic hydroxyl groups is 1. The van der Waals surface area contributed by atoms with Crippen molar-refractivity contribution in [3.8, 4) is 0 Å². The molecule has 0 radical (unpaired) electrons. The van der Waals surface area contributed by atoms with E-state index < -0.39 is 34.0 Å². The molecule has 0 spiro atoms. The summed E-state index contributed by atoms with van der Waals surface area (Å²) in [6.45, 7) is 2.00. The largest absolute Gasteiger partial charge is 0.480 e. The van der Waals surface area contributed by atoms with Crippen LogP contribution in [0.15, 0.2) is 23.1 Å². The Bertz CT molecular complexity index is 790. The van der Waals surface area contributed by atoms with E-state index in [4.69, 9.17) is 16.7 Å². The molecular weight excluding hydrogens is 384 g/mol. The molecule has 0 bridgehead atoms. The Morgan fingerprint density at radius 1 is 1.23 bits per heavy atom. The van der Waals surface area contributed by atoms with E-state index in [1.165, 1.54) is 23.4 Å². The highest BCUT2D eigenvalue weighted by molar-refractivity contribution is 7.89. The lowest BCUT2D eigenvalue weighted by Crippen LogP contribution is -2.47. The number of halogens is 1. The van der Waals surface area contributed by atoms with Gasteiger partial charge in [0.15, 0.2) is 6.04 Å². The molecule has 1 fully saturated rings. The second kappa shape index (κ2) is 8.34. The molecule has 0 saturated carbocycles. The average Bonchev–Trinajstić information content (AvgIpc) is 2.59. The summed E-state index contributed by atoms with van der Waals surface area (Å²) in [5.41, 5.74) is -0.0584. The van der Waals surface area contributed by atoms with Gasteiger partial charge >= 0.3 is 5.97 Å². The molecule has 10 heteroatoms. The summed E-state index contributed by atoms with van der Waals surface area (Å²) in [5.74, 6) is -2.21. The van der Waals surface area contributed by atoms with E-state index in [2.05, 4.69) is 5.32 Å². The van der Waals surface area contributed by atoms with Crippen LogP contribution in [-0.2, 0) is 14.8 Å². The summed E-state index contributed by atoms with van der Waals surface area (Å²) in [7, 11) is -3.85. The number of rotatable bonds is 6. The Morgan fingerprint density at radius 2 is 1.85 bits per heavy atom. The van der Waals surface area contributed by atoms with E-state index in [0.717, 1.165) is 25.3 Å². The van der Waals surface area contributed by atoms with Gasteiger partial charge in [-0.1, -0.05) is 18.0 Å². The molecule has 0 aromatic heterocycles. The normalized spacial score (nSPS) is 18.1. The molecule has 8 nitrogen and oxygen atoms in total. The van der Waals surface area contributed by atoms with Crippen LogP contribution in [0.2, 0.25) is 5.02 Å². The van der Waals surface area contributed by atoms with Gasteiger partial charge in [-0.2, -0.15) is 4.31 Å². The molecule has 2 atom stereocenters. The molecule has 1 aromatic rings. The smallest absolute Gasteiger partial charge is 0.328 e. The Morgan fingerprint density at radius 3 is 2.38 bits per heavy atom. The zero-order valence-electron chi connectivity index (χ0n) is 14.2. The molecule has 0 aliphatic carbocycles. The Balaban J connectivity index is 2.31. The molecule has 144 valence electrons. The second-order valence-corrected chi connectivity index (χ2v) is 8.45. The highest BCUT2D eigenvalue weighted by Gasteiger charge is 2.30. The first-order valence-electron chi connectivity index (χ1n) is 8.16. The number of sulfonamides is 1. The molecule has 3 N–H and O–H groups in total. The monoisotopic (exact) mass is 404 g/mol. The van der Waals surface area contributed by atoms with Crippen LogP contribution in [0.1, 0.15) is 36.5 Å². The first-order valence-corrected chi connectivity index (χ1v) is 9.98. The molecule has 1 saturated heterocycles. The molecule has 26 heavy (non-hydrogen) atoms. The molecule has 1 aromatic carbocycles. The van der Waals surface area contributed by atoms with Gasteiger partial charge in [0.25, 0.3) is 5.91 Å². The number of nitrogens with one attached hydrogen (secondary N) is 1. The lowest BCUT2D eigenvalue weighted by molar-refractivity contribution is -0.141. The predicted octanol–water partition coefficient (Wildman–Crippen LogP) is 1.08. The number of aliphatic hydroxyl groups excluding tert-OH is 1. The number of piperidine rings is 1. The van der Waals surface area contributed by atoms with Gasteiger partial charge in [0, 0.05) is 18.7 Å². The van der Waals surface area contributed by atoms with Gasteiger partial charge in [-0.25, -0.2) is 13.2 Å². The lowest BCUT2D eigenvalue weighted by Gasteiger charge is -2.26. The van der Waals surface area contributed by atoms with Crippen LogP contribution in [0.25, 0.3) is 0 Å². The van der Waals surface area contributed by atoms with Gasteiger partial charge in [0.1, 0.15) is 4.90 Å². The maximum absolute atomic E-state index is 12.8. The number of hydrogen-bond donors (Lipinski definition) is 3. The maximum Gasteiger partial charge on any atom is 0.328 e. The van der Waals surface area contributed by atoms with Crippen molar-refractivity contribution in [1.29, 1.82) is 0 Å². The van der Waals surface area contributed by atoms with Gasteiger partial charge in [-0.05, 0) is 38.0 Å². The molecule has 1 amide bonds. The van der Waals surface area contributed by atoms with E-state index in [9.17, 15) is 23.1 Å². The van der Waals surface area contributed by atoms with Crippen molar-refractivity contribution in [1.82, 2.24) is 9.62 Å². The van der Waals surface area contributed by atoms with Crippen LogP contribution in [0.4, 0.5) is 0 Å². The van der Waals surface area contributed by atoms with Crippen molar-refractivity contribution in [3.05, 3.63) is 28.8 Å². The third kappa shape index (κ3) is 4.53. The maximum atomic E-state index is 12.8. The minimum Gasteiger partial charge on any atom is -0.480 e. The second-order valence-electron chi connectivity index (χ2n) is 6.14. The van der Waals surface area contributed by atoms with Gasteiger partial charge in [0.2, 0.25) is 10.0 Å². The van der Waals surface area contributed by atoms with Crippen molar-refractivity contribution in [2.75, 3.05) is 13.1 Å². The lowest BCUT2D eigenvalue weighted by atomic mass is 10.1. The number of amides is 1. The molecule has 1 aliphatic rings. The van der Waals surface area contributed by atoms with E-state index in [1.807, 2.05) is 0 Å². The summed E-state index contributed by atoms with van der Waals surface area (Å²) in [4.78, 5) is 23.2. The van der Waals surface area contributed by atoms with Crippen molar-refractivity contribution in [2.24, 2.45) is 0 Å². The third-order valence-corrected chi connectivity index (χ3v) is 6.54. The van der Waals surface area contributed by atoms with Crippen molar-refractivity contribution >= 4 is 33.5 Å². The Labute approximate surface area is 156 Å². The first-order chi connectivity index (χ1) is 12.1. The summed E-state index contributed by atoms with van der Waals surface area (Å²) in [6, 6.07) is 2.20. The Kier molecular flexibility index (Phi) is 6.62. The van der Waals surface area contributed by atoms with Crippen LogP contribution in [-0.4, -0.2) is 60.0 Å². The molecule has 1 aliphatic heterocycles. The fourth-order valence-electron chi connectivity index (χ4n) is 2.70. The van der Waals surface area contributed by atoms with Gasteiger partial charge in [0.05, 0.1) is 11.1 Å². The number of carbonyl (C=O) groups is 2. The van der Waals surface area contributed by atoms with Crippen molar-refractivity contribution in [2.45, 2.75) is 43.2 Å². The van der Waals surface area contributed by atoms with Crippen LogP contribution in [0, 0.1) is 0 Å². The molecular formula is C16H21ClN2O6S. The molecule has 2 unspecified atom stereocenters. The number of benzene rings is 1. The quantitative estimate of drug-likeness (QED) is 0.651. The van der Waals surface area contributed by atoms with E-state index >= 15 is 0 Å². The van der Waals surface area contributed by atoms with Crippen molar-refractivity contribution in [3.63, 3.8) is 0 Å². The number of nitrogens with zero attached hydrogens (tertiary/aromatic N) is 1. The number of carboxylic acid groups (broad SMARTS) is 1. The Hall–Kier alpha value is -1.68. The number of hydrogen-bond acceptors (Lipinski definition) is 5. The van der Waals surface area contributed by atoms with Crippen molar-refractivity contribution < 1.29 is 28.2 Å². The fraction of sp³-hybridized carbons (Fsp3) is 0.500. The van der Waals surface area contributed by atoms with E-state index in [0.29, 0.717) is 13.1 Å². The molecule has 2 rings (SSSR count). The van der Waals surface area contributed by atoms with Crippen LogP contribution >= 0.6 is 11.6 Å². The number of aliphatic carboxylic acids is 1. The van der Waals surface area contributed by atoms with E-state index in [1.54, 1.807) is 0 Å². The highest BCUT2D eigenvalue weighted by atomic mass is 35.5. The van der Waals surface area contributed by atoms with E-state index in [-0.39, 0.29) is 15.5 Å². The summed E-state index contributed by atoms with van der Waals surface area (Å²) < 4.78 is 26.9. The van der Waals surface area contributed by atoms with Gasteiger partial charge in [-0.15, -0.1) is 0 Å². The zero-order valence-corrected chi connectivity index (χ0v) is 15.8. The zero-order chi connectivity index (χ0) is 19.5. The first kappa shape index (κ1) is 20.6. The van der Waals surface area contributed by atoms with Crippen LogP contribution < -0.4 is 5.32 Å². The molecule has 1 heterocycles. The number of carbonyl (C=O) groups excluding carboxylic acids is 1. The summed E-state index contributed by atoms with van der Waals surface area (Å²) >= 11 is 6.04. The topological polar surface area (TPSA) is 124 Å². The number of carboxylic acids is 1. The summed E-state index contributed by atoms with van der Waals surface area (Å²) in [6.07, 6.45) is 1.15. The fourth-order valence-corrected chi connectivity index (χ4v) is 4.72. The van der Waals surface area contributed by atoms with Gasteiger partial charge in [-0.3, -0.25) is 4.79 Å². The van der Waals surface area contributed by atoms with Crippen LogP contribution in [0.3, 0.4) is 0 Å². The summed E-state index contributed by atoms with van der Waals surface area (Å²) in [5, 5.41) is 20.7. The third-order valence-electron chi connectivity index (χ3n) is 4.16.